The van der Waals surface area contributed by atoms with Gasteiger partial charge in [-0.2, -0.15) is 0 Å². The highest BCUT2D eigenvalue weighted by Crippen LogP contribution is 2.49. The highest BCUT2D eigenvalue weighted by molar-refractivity contribution is 6.09. The quantitative estimate of drug-likeness (QED) is 0.660. The highest BCUT2D eigenvalue weighted by Gasteiger charge is 2.59. The summed E-state index contributed by atoms with van der Waals surface area (Å²) in [6, 6.07) is -0.0110. The van der Waals surface area contributed by atoms with E-state index < -0.39 is 23.7 Å². The van der Waals surface area contributed by atoms with Crippen LogP contribution in [0.3, 0.4) is 0 Å². The molecule has 0 bridgehead atoms. The van der Waals surface area contributed by atoms with Gasteiger partial charge in [0.05, 0.1) is 23.7 Å². The second-order valence-electron chi connectivity index (χ2n) is 10.1. The van der Waals surface area contributed by atoms with Gasteiger partial charge in [0.15, 0.2) is 0 Å². The van der Waals surface area contributed by atoms with Crippen molar-refractivity contribution in [1.29, 1.82) is 0 Å². The number of carbonyl (C=O) groups is 4. The van der Waals surface area contributed by atoms with Crippen molar-refractivity contribution in [2.75, 3.05) is 7.05 Å². The number of fused-ring (bicyclic) bond motifs is 2. The number of hydrogen-bond acceptors (Lipinski definition) is 4. The first-order chi connectivity index (χ1) is 12.6. The Morgan fingerprint density at radius 3 is 1.52 bits per heavy atom. The second-order valence-corrected chi connectivity index (χ2v) is 10.1. The first-order valence-electron chi connectivity index (χ1n) is 10.3. The minimum Gasteiger partial charge on any atom is -0.285 e. The third kappa shape index (κ3) is 2.74. The fraction of sp³-hybridized carbons (Fsp3) is 0.810. The Kier molecular flexibility index (Phi) is 4.24. The van der Waals surface area contributed by atoms with E-state index in [0.29, 0.717) is 18.8 Å². The normalized spacial score (nSPS) is 39.9. The van der Waals surface area contributed by atoms with E-state index in [2.05, 4.69) is 20.8 Å². The van der Waals surface area contributed by atoms with E-state index in [-0.39, 0.29) is 35.1 Å². The van der Waals surface area contributed by atoms with Crippen LogP contribution in [0.15, 0.2) is 0 Å². The molecule has 2 aliphatic carbocycles. The van der Waals surface area contributed by atoms with Gasteiger partial charge in [-0.15, -0.1) is 0 Å². The van der Waals surface area contributed by atoms with Gasteiger partial charge in [0.2, 0.25) is 23.6 Å². The summed E-state index contributed by atoms with van der Waals surface area (Å²) in [5, 5.41) is 0. The zero-order valence-corrected chi connectivity index (χ0v) is 16.7. The van der Waals surface area contributed by atoms with Crippen molar-refractivity contribution < 1.29 is 19.2 Å². The molecule has 27 heavy (non-hydrogen) atoms. The molecule has 0 radical (unpaired) electrons. The standard InChI is InChI=1S/C21H30N2O4/c1-21(2,3)11-5-7-12(8-6-11)23-19(26)15-9-13-14(10-16(15)20(23)27)18(25)22(4)17(13)24/h11-16H,5-10H2,1-4H3. The molecule has 4 fully saturated rings. The number of nitrogens with zero attached hydrogens (tertiary/aromatic N) is 2. The molecule has 4 amide bonds. The molecule has 0 N–H and O–H groups in total. The lowest BCUT2D eigenvalue weighted by molar-refractivity contribution is -0.143. The van der Waals surface area contributed by atoms with Crippen LogP contribution in [0.4, 0.5) is 0 Å². The summed E-state index contributed by atoms with van der Waals surface area (Å²) in [5.74, 6) is -1.62. The molecule has 0 aromatic heterocycles. The van der Waals surface area contributed by atoms with E-state index in [1.54, 1.807) is 0 Å². The Balaban J connectivity index is 1.50. The van der Waals surface area contributed by atoms with Gasteiger partial charge in [-0.3, -0.25) is 29.0 Å². The predicted octanol–water partition coefficient (Wildman–Crippen LogP) is 2.22. The minimum atomic E-state index is -0.419. The zero-order valence-electron chi connectivity index (χ0n) is 16.7. The minimum absolute atomic E-state index is 0.0110. The Bertz CT molecular complexity index is 659. The van der Waals surface area contributed by atoms with Gasteiger partial charge < -0.3 is 0 Å². The van der Waals surface area contributed by atoms with Gasteiger partial charge in [-0.25, -0.2) is 0 Å². The van der Waals surface area contributed by atoms with Crippen LogP contribution in [0.25, 0.3) is 0 Å². The van der Waals surface area contributed by atoms with Crippen LogP contribution in [0.1, 0.15) is 59.3 Å². The molecule has 2 saturated carbocycles. The molecule has 2 saturated heterocycles. The molecule has 4 aliphatic rings. The third-order valence-corrected chi connectivity index (χ3v) is 7.68. The average molecular weight is 374 g/mol. The van der Waals surface area contributed by atoms with Crippen molar-refractivity contribution in [3.05, 3.63) is 0 Å². The van der Waals surface area contributed by atoms with Crippen LogP contribution in [-0.2, 0) is 19.2 Å². The monoisotopic (exact) mass is 374 g/mol. The van der Waals surface area contributed by atoms with Crippen LogP contribution in [0.5, 0.6) is 0 Å². The Morgan fingerprint density at radius 1 is 0.704 bits per heavy atom. The maximum absolute atomic E-state index is 13.1. The molecule has 4 atom stereocenters. The molecule has 4 unspecified atom stereocenters. The third-order valence-electron chi connectivity index (χ3n) is 7.68. The summed E-state index contributed by atoms with van der Waals surface area (Å²) < 4.78 is 0. The molecule has 2 heterocycles. The summed E-state index contributed by atoms with van der Waals surface area (Å²) in [5.41, 5.74) is 0.252. The van der Waals surface area contributed by atoms with Crippen LogP contribution in [0, 0.1) is 35.0 Å². The van der Waals surface area contributed by atoms with Crippen molar-refractivity contribution in [1.82, 2.24) is 9.80 Å². The summed E-state index contributed by atoms with van der Waals surface area (Å²) in [7, 11) is 1.50. The lowest BCUT2D eigenvalue weighted by Crippen LogP contribution is -2.44. The predicted molar refractivity (Wildman–Crippen MR) is 98.0 cm³/mol. The Labute approximate surface area is 160 Å². The zero-order chi connectivity index (χ0) is 19.7. The molecule has 0 spiro atoms. The number of carbonyl (C=O) groups excluding carboxylic acids is 4. The molecule has 6 heteroatoms. The Hall–Kier alpha value is -1.72. The molecule has 6 nitrogen and oxygen atoms in total. The first-order valence-corrected chi connectivity index (χ1v) is 10.3. The van der Waals surface area contributed by atoms with E-state index in [1.807, 2.05) is 0 Å². The van der Waals surface area contributed by atoms with Gasteiger partial charge in [-0.1, -0.05) is 20.8 Å². The molecule has 2 aliphatic heterocycles. The molecule has 0 aromatic carbocycles. The van der Waals surface area contributed by atoms with Crippen molar-refractivity contribution >= 4 is 23.6 Å². The van der Waals surface area contributed by atoms with Crippen molar-refractivity contribution in [3.63, 3.8) is 0 Å². The maximum atomic E-state index is 13.1. The van der Waals surface area contributed by atoms with E-state index in [1.165, 1.54) is 16.8 Å². The smallest absolute Gasteiger partial charge is 0.233 e. The average Bonchev–Trinajstić information content (AvgIpc) is 2.99. The topological polar surface area (TPSA) is 74.8 Å². The number of likely N-dealkylation sites (tertiary alicyclic amines) is 2. The number of rotatable bonds is 1. The number of hydrogen-bond donors (Lipinski definition) is 0. The summed E-state index contributed by atoms with van der Waals surface area (Å²) >= 11 is 0. The molecule has 4 rings (SSSR count). The molecule has 148 valence electrons. The summed E-state index contributed by atoms with van der Waals surface area (Å²) in [6.07, 6.45) is 4.51. The number of amides is 4. The van der Waals surface area contributed by atoms with Crippen molar-refractivity contribution in [2.45, 2.75) is 65.3 Å². The second kappa shape index (κ2) is 6.14. The fourth-order valence-electron chi connectivity index (χ4n) is 5.93. The Morgan fingerprint density at radius 2 is 1.11 bits per heavy atom. The summed E-state index contributed by atoms with van der Waals surface area (Å²) in [4.78, 5) is 53.5. The number of imide groups is 2. The van der Waals surface area contributed by atoms with Crippen LogP contribution in [0.2, 0.25) is 0 Å². The van der Waals surface area contributed by atoms with Crippen LogP contribution in [-0.4, -0.2) is 46.5 Å². The summed E-state index contributed by atoms with van der Waals surface area (Å²) in [6.45, 7) is 6.76. The molecule has 0 aromatic rings. The van der Waals surface area contributed by atoms with Gasteiger partial charge >= 0.3 is 0 Å². The van der Waals surface area contributed by atoms with E-state index in [9.17, 15) is 19.2 Å². The van der Waals surface area contributed by atoms with Gasteiger partial charge in [0.25, 0.3) is 0 Å². The maximum Gasteiger partial charge on any atom is 0.233 e. The highest BCUT2D eigenvalue weighted by atomic mass is 16.2. The lowest BCUT2D eigenvalue weighted by Gasteiger charge is -2.39. The van der Waals surface area contributed by atoms with E-state index in [4.69, 9.17) is 0 Å². The van der Waals surface area contributed by atoms with Crippen LogP contribution < -0.4 is 0 Å². The van der Waals surface area contributed by atoms with Gasteiger partial charge in [-0.05, 0) is 49.9 Å². The first kappa shape index (κ1) is 18.6. The molecular weight excluding hydrogens is 344 g/mol. The SMILES string of the molecule is CN1C(=O)C2CC3C(=O)N(C4CCC(C(C)(C)C)CC4)C(=O)C3CC2C1=O. The van der Waals surface area contributed by atoms with Crippen molar-refractivity contribution in [2.24, 2.45) is 35.0 Å². The fourth-order valence-corrected chi connectivity index (χ4v) is 5.93. The molecular formula is C21H30N2O4. The van der Waals surface area contributed by atoms with Crippen LogP contribution >= 0.6 is 0 Å². The van der Waals surface area contributed by atoms with E-state index in [0.717, 1.165) is 25.7 Å². The van der Waals surface area contributed by atoms with E-state index >= 15 is 0 Å². The van der Waals surface area contributed by atoms with Crippen molar-refractivity contribution in [3.8, 4) is 0 Å². The van der Waals surface area contributed by atoms with Gasteiger partial charge in [0, 0.05) is 13.1 Å². The lowest BCUT2D eigenvalue weighted by atomic mass is 9.70. The largest absolute Gasteiger partial charge is 0.285 e. The van der Waals surface area contributed by atoms with Gasteiger partial charge in [0.1, 0.15) is 0 Å².